The molecule has 0 aliphatic heterocycles. The summed E-state index contributed by atoms with van der Waals surface area (Å²) in [7, 11) is 0. The molecule has 0 aliphatic carbocycles. The Bertz CT molecular complexity index is 1080. The standard InChI is InChI=1S/C20H16ClN3O5/c21-15-3-1-14(2-4-15)11-23-12-16(5-10-20(23)26)22-19(25)13-29-18-8-6-17(7-9-18)24(27)28/h1-10,12H,11,13H2,(H,22,25). The molecule has 0 radical (unpaired) electrons. The van der Waals surface area contributed by atoms with E-state index in [1.165, 1.54) is 41.0 Å². The van der Waals surface area contributed by atoms with Crippen LogP contribution < -0.4 is 15.6 Å². The van der Waals surface area contributed by atoms with Crippen molar-refractivity contribution in [3.05, 3.63) is 97.9 Å². The zero-order valence-corrected chi connectivity index (χ0v) is 15.8. The Balaban J connectivity index is 1.60. The smallest absolute Gasteiger partial charge is 0.269 e. The van der Waals surface area contributed by atoms with Gasteiger partial charge in [-0.1, -0.05) is 23.7 Å². The van der Waals surface area contributed by atoms with Crippen LogP contribution in [0.2, 0.25) is 5.02 Å². The molecule has 1 aromatic heterocycles. The number of nitrogens with zero attached hydrogens (tertiary/aromatic N) is 2. The molecule has 8 nitrogen and oxygen atoms in total. The fourth-order valence-corrected chi connectivity index (χ4v) is 2.65. The second-order valence-corrected chi connectivity index (χ2v) is 6.53. The van der Waals surface area contributed by atoms with Gasteiger partial charge in [-0.05, 0) is 35.9 Å². The van der Waals surface area contributed by atoms with Gasteiger partial charge in [-0.25, -0.2) is 0 Å². The highest BCUT2D eigenvalue weighted by Gasteiger charge is 2.08. The number of nitro benzene ring substituents is 1. The molecule has 0 spiro atoms. The van der Waals surface area contributed by atoms with E-state index in [0.717, 1.165) is 5.56 Å². The normalized spacial score (nSPS) is 10.4. The van der Waals surface area contributed by atoms with Crippen molar-refractivity contribution in [3.63, 3.8) is 0 Å². The van der Waals surface area contributed by atoms with Gasteiger partial charge in [-0.2, -0.15) is 0 Å². The van der Waals surface area contributed by atoms with Crippen molar-refractivity contribution >= 4 is 28.9 Å². The molecule has 9 heteroatoms. The van der Waals surface area contributed by atoms with E-state index in [2.05, 4.69) is 5.32 Å². The van der Waals surface area contributed by atoms with Crippen molar-refractivity contribution in [1.82, 2.24) is 4.57 Å². The van der Waals surface area contributed by atoms with Gasteiger partial charge >= 0.3 is 0 Å². The van der Waals surface area contributed by atoms with Crippen LogP contribution in [0.1, 0.15) is 5.56 Å². The zero-order valence-electron chi connectivity index (χ0n) is 15.1. The summed E-state index contributed by atoms with van der Waals surface area (Å²) in [5.41, 5.74) is 1.06. The summed E-state index contributed by atoms with van der Waals surface area (Å²) in [5, 5.41) is 13.9. The third-order valence-electron chi connectivity index (χ3n) is 3.95. The molecule has 0 unspecified atom stereocenters. The first-order chi connectivity index (χ1) is 13.9. The first kappa shape index (κ1) is 20.1. The second kappa shape index (κ2) is 9.03. The predicted molar refractivity (Wildman–Crippen MR) is 108 cm³/mol. The van der Waals surface area contributed by atoms with Crippen molar-refractivity contribution < 1.29 is 14.5 Å². The first-order valence-electron chi connectivity index (χ1n) is 8.53. The zero-order chi connectivity index (χ0) is 20.8. The topological polar surface area (TPSA) is 103 Å². The minimum atomic E-state index is -0.518. The molecule has 3 rings (SSSR count). The van der Waals surface area contributed by atoms with Crippen LogP contribution in [0.15, 0.2) is 71.7 Å². The van der Waals surface area contributed by atoms with E-state index in [4.69, 9.17) is 16.3 Å². The number of hydrogen-bond acceptors (Lipinski definition) is 5. The molecule has 0 fully saturated rings. The molecule has 148 valence electrons. The van der Waals surface area contributed by atoms with E-state index in [1.807, 2.05) is 12.1 Å². The van der Waals surface area contributed by atoms with E-state index < -0.39 is 10.8 Å². The van der Waals surface area contributed by atoms with Crippen LogP contribution in [-0.4, -0.2) is 22.0 Å². The number of anilines is 1. The van der Waals surface area contributed by atoms with Gasteiger partial charge in [0.2, 0.25) is 0 Å². The second-order valence-electron chi connectivity index (χ2n) is 6.10. The first-order valence-corrected chi connectivity index (χ1v) is 8.90. The number of benzene rings is 2. The van der Waals surface area contributed by atoms with Crippen LogP contribution in [0, 0.1) is 10.1 Å². The van der Waals surface area contributed by atoms with E-state index in [9.17, 15) is 19.7 Å². The number of nitro groups is 1. The molecule has 0 atom stereocenters. The summed E-state index contributed by atoms with van der Waals surface area (Å²) < 4.78 is 6.79. The van der Waals surface area contributed by atoms with Crippen molar-refractivity contribution in [2.45, 2.75) is 6.54 Å². The molecule has 3 aromatic rings. The van der Waals surface area contributed by atoms with Crippen LogP contribution in [0.5, 0.6) is 5.75 Å². The average molecular weight is 414 g/mol. The third kappa shape index (κ3) is 5.66. The summed E-state index contributed by atoms with van der Waals surface area (Å²) in [5.74, 6) is -0.0986. The van der Waals surface area contributed by atoms with E-state index in [-0.39, 0.29) is 17.9 Å². The van der Waals surface area contributed by atoms with Gasteiger partial charge in [0.05, 0.1) is 17.2 Å². The summed E-state index contributed by atoms with van der Waals surface area (Å²) >= 11 is 5.87. The Kier molecular flexibility index (Phi) is 6.25. The van der Waals surface area contributed by atoms with Crippen LogP contribution in [-0.2, 0) is 11.3 Å². The molecule has 0 saturated carbocycles. The highest BCUT2D eigenvalue weighted by molar-refractivity contribution is 6.30. The maximum absolute atomic E-state index is 12.1. The van der Waals surface area contributed by atoms with Gasteiger partial charge in [-0.15, -0.1) is 0 Å². The molecule has 0 bridgehead atoms. The lowest BCUT2D eigenvalue weighted by molar-refractivity contribution is -0.384. The largest absolute Gasteiger partial charge is 0.484 e. The van der Waals surface area contributed by atoms with Gasteiger partial charge < -0.3 is 14.6 Å². The number of halogens is 1. The number of non-ortho nitro benzene ring substituents is 1. The number of aromatic nitrogens is 1. The van der Waals surface area contributed by atoms with Crippen LogP contribution in [0.4, 0.5) is 11.4 Å². The Morgan fingerprint density at radius 3 is 2.41 bits per heavy atom. The monoisotopic (exact) mass is 413 g/mol. The van der Waals surface area contributed by atoms with Gasteiger partial charge in [0.15, 0.2) is 6.61 Å². The number of amides is 1. The minimum absolute atomic E-state index is 0.0651. The van der Waals surface area contributed by atoms with Crippen molar-refractivity contribution in [3.8, 4) is 5.75 Å². The lowest BCUT2D eigenvalue weighted by atomic mass is 10.2. The quantitative estimate of drug-likeness (QED) is 0.471. The minimum Gasteiger partial charge on any atom is -0.484 e. The summed E-state index contributed by atoms with van der Waals surface area (Å²) in [6.07, 6.45) is 1.54. The molecule has 1 amide bonds. The van der Waals surface area contributed by atoms with E-state index in [0.29, 0.717) is 23.0 Å². The number of rotatable bonds is 7. The van der Waals surface area contributed by atoms with Gasteiger partial charge in [0, 0.05) is 29.4 Å². The number of carbonyl (C=O) groups excluding carboxylic acids is 1. The molecule has 1 N–H and O–H groups in total. The van der Waals surface area contributed by atoms with E-state index in [1.54, 1.807) is 18.3 Å². The van der Waals surface area contributed by atoms with E-state index >= 15 is 0 Å². The molecule has 29 heavy (non-hydrogen) atoms. The van der Waals surface area contributed by atoms with Crippen molar-refractivity contribution in [1.29, 1.82) is 0 Å². The van der Waals surface area contributed by atoms with Crippen LogP contribution in [0.25, 0.3) is 0 Å². The molecule has 2 aromatic carbocycles. The summed E-state index contributed by atoms with van der Waals surface area (Å²) in [6, 6.07) is 15.4. The Hall–Kier alpha value is -3.65. The van der Waals surface area contributed by atoms with Gasteiger partial charge in [-0.3, -0.25) is 19.7 Å². The highest BCUT2D eigenvalue weighted by atomic mass is 35.5. The maximum Gasteiger partial charge on any atom is 0.269 e. The Morgan fingerprint density at radius 1 is 1.07 bits per heavy atom. The highest BCUT2D eigenvalue weighted by Crippen LogP contribution is 2.17. The molecule has 0 saturated heterocycles. The average Bonchev–Trinajstić information content (AvgIpc) is 2.71. The van der Waals surface area contributed by atoms with Crippen molar-refractivity contribution in [2.24, 2.45) is 0 Å². The number of hydrogen-bond donors (Lipinski definition) is 1. The number of ether oxygens (including phenoxy) is 1. The fraction of sp³-hybridized carbons (Fsp3) is 0.100. The lowest BCUT2D eigenvalue weighted by Crippen LogP contribution is -2.23. The maximum atomic E-state index is 12.1. The van der Waals surface area contributed by atoms with Gasteiger partial charge in [0.1, 0.15) is 5.75 Å². The molecular weight excluding hydrogens is 398 g/mol. The van der Waals surface area contributed by atoms with Crippen LogP contribution >= 0.6 is 11.6 Å². The molecular formula is C20H16ClN3O5. The molecule has 0 aliphatic rings. The SMILES string of the molecule is O=C(COc1ccc([N+](=O)[O-])cc1)Nc1ccc(=O)n(Cc2ccc(Cl)cc2)c1. The third-order valence-corrected chi connectivity index (χ3v) is 4.20. The number of carbonyl (C=O) groups is 1. The van der Waals surface area contributed by atoms with Crippen molar-refractivity contribution in [2.75, 3.05) is 11.9 Å². The summed E-state index contributed by atoms with van der Waals surface area (Å²) in [4.78, 5) is 34.3. The number of pyridine rings is 1. The lowest BCUT2D eigenvalue weighted by Gasteiger charge is -2.10. The van der Waals surface area contributed by atoms with Gasteiger partial charge in [0.25, 0.3) is 17.2 Å². The fourth-order valence-electron chi connectivity index (χ4n) is 2.53. The Morgan fingerprint density at radius 2 is 1.76 bits per heavy atom. The predicted octanol–water partition coefficient (Wildman–Crippen LogP) is 3.48. The summed E-state index contributed by atoms with van der Waals surface area (Å²) in [6.45, 7) is 0.0487. The number of nitrogens with one attached hydrogen (secondary N) is 1. The molecule has 1 heterocycles. The Labute approximate surface area is 170 Å². The van der Waals surface area contributed by atoms with Crippen LogP contribution in [0.3, 0.4) is 0 Å².